The summed E-state index contributed by atoms with van der Waals surface area (Å²) in [6, 6.07) is 13.7. The third-order valence-electron chi connectivity index (χ3n) is 3.13. The Balaban J connectivity index is 1.75. The van der Waals surface area contributed by atoms with E-state index in [-0.39, 0.29) is 0 Å². The molecule has 0 atom stereocenters. The average molecular weight is 268 g/mol. The number of benzene rings is 2. The maximum atomic E-state index is 5.71. The van der Waals surface area contributed by atoms with Gasteiger partial charge in [0.1, 0.15) is 23.9 Å². The van der Waals surface area contributed by atoms with E-state index in [2.05, 4.69) is 16.9 Å². The maximum absolute atomic E-state index is 5.71. The molecule has 2 aromatic carbocycles. The molecule has 1 N–H and O–H groups in total. The lowest BCUT2D eigenvalue weighted by Gasteiger charge is -2.03. The molecule has 0 spiro atoms. The van der Waals surface area contributed by atoms with Crippen LogP contribution in [0, 0.1) is 6.92 Å². The van der Waals surface area contributed by atoms with Crippen LogP contribution in [0.25, 0.3) is 11.0 Å². The van der Waals surface area contributed by atoms with E-state index in [1.165, 1.54) is 5.56 Å². The van der Waals surface area contributed by atoms with Crippen LogP contribution in [0.1, 0.15) is 11.4 Å². The van der Waals surface area contributed by atoms with Crippen molar-refractivity contribution in [1.82, 2.24) is 9.97 Å². The molecule has 3 aromatic rings. The fourth-order valence-electron chi connectivity index (χ4n) is 2.02. The number of imidazole rings is 1. The van der Waals surface area contributed by atoms with Crippen LogP contribution in [0.4, 0.5) is 0 Å². The number of rotatable bonds is 4. The number of H-pyrrole nitrogens is 1. The van der Waals surface area contributed by atoms with Gasteiger partial charge in [-0.05, 0) is 31.2 Å². The average Bonchev–Trinajstić information content (AvgIpc) is 2.88. The summed E-state index contributed by atoms with van der Waals surface area (Å²) in [5.41, 5.74) is 3.08. The third-order valence-corrected chi connectivity index (χ3v) is 3.13. The molecule has 0 unspecified atom stereocenters. The molecule has 0 amide bonds. The Labute approximate surface area is 117 Å². The molecule has 4 nitrogen and oxygen atoms in total. The number of aryl methyl sites for hydroxylation is 1. The van der Waals surface area contributed by atoms with Crippen molar-refractivity contribution in [3.05, 3.63) is 53.9 Å². The fourth-order valence-corrected chi connectivity index (χ4v) is 2.02. The van der Waals surface area contributed by atoms with E-state index in [4.69, 9.17) is 9.47 Å². The van der Waals surface area contributed by atoms with Gasteiger partial charge in [-0.15, -0.1) is 0 Å². The largest absolute Gasteiger partial charge is 0.497 e. The van der Waals surface area contributed by atoms with Crippen molar-refractivity contribution in [2.75, 3.05) is 7.11 Å². The minimum Gasteiger partial charge on any atom is -0.497 e. The summed E-state index contributed by atoms with van der Waals surface area (Å²) >= 11 is 0. The van der Waals surface area contributed by atoms with Crippen molar-refractivity contribution in [3.8, 4) is 11.5 Å². The molecule has 0 fully saturated rings. The predicted octanol–water partition coefficient (Wildman–Crippen LogP) is 3.46. The Bertz CT molecular complexity index is 717. The lowest BCUT2D eigenvalue weighted by Crippen LogP contribution is -1.97. The van der Waals surface area contributed by atoms with Gasteiger partial charge in [-0.1, -0.05) is 17.7 Å². The number of fused-ring (bicyclic) bond motifs is 1. The van der Waals surface area contributed by atoms with Crippen molar-refractivity contribution in [2.24, 2.45) is 0 Å². The topological polar surface area (TPSA) is 47.1 Å². The number of nitrogens with zero attached hydrogens (tertiary/aromatic N) is 1. The molecule has 0 aliphatic heterocycles. The number of ether oxygens (including phenoxy) is 2. The molecular weight excluding hydrogens is 252 g/mol. The van der Waals surface area contributed by atoms with Gasteiger partial charge in [0.05, 0.1) is 18.1 Å². The van der Waals surface area contributed by atoms with E-state index in [0.717, 1.165) is 28.4 Å². The highest BCUT2D eigenvalue weighted by Crippen LogP contribution is 2.19. The summed E-state index contributed by atoms with van der Waals surface area (Å²) in [5, 5.41) is 0. The molecule has 0 aliphatic carbocycles. The quantitative estimate of drug-likeness (QED) is 0.788. The first kappa shape index (κ1) is 12.5. The van der Waals surface area contributed by atoms with Gasteiger partial charge in [-0.2, -0.15) is 0 Å². The van der Waals surface area contributed by atoms with E-state index in [9.17, 15) is 0 Å². The Kier molecular flexibility index (Phi) is 3.29. The minimum absolute atomic E-state index is 0.417. The van der Waals surface area contributed by atoms with Crippen LogP contribution in [0.15, 0.2) is 42.5 Å². The van der Waals surface area contributed by atoms with Gasteiger partial charge < -0.3 is 14.5 Å². The van der Waals surface area contributed by atoms with E-state index >= 15 is 0 Å². The molecule has 1 aromatic heterocycles. The Morgan fingerprint density at radius 3 is 2.55 bits per heavy atom. The molecule has 1 heterocycles. The molecule has 0 bridgehead atoms. The number of aromatic amines is 1. The molecule has 4 heteroatoms. The van der Waals surface area contributed by atoms with Crippen LogP contribution >= 0.6 is 0 Å². The molecule has 3 rings (SSSR count). The first-order valence-electron chi connectivity index (χ1n) is 6.47. The number of nitrogens with one attached hydrogen (secondary N) is 1. The van der Waals surface area contributed by atoms with E-state index in [1.807, 2.05) is 42.5 Å². The predicted molar refractivity (Wildman–Crippen MR) is 78.2 cm³/mol. The Hall–Kier alpha value is -2.49. The number of hydrogen-bond donors (Lipinski definition) is 1. The van der Waals surface area contributed by atoms with Gasteiger partial charge >= 0.3 is 0 Å². The van der Waals surface area contributed by atoms with Crippen molar-refractivity contribution in [1.29, 1.82) is 0 Å². The molecular formula is C16H16N2O2. The van der Waals surface area contributed by atoms with Crippen molar-refractivity contribution < 1.29 is 9.47 Å². The highest BCUT2D eigenvalue weighted by Gasteiger charge is 2.04. The smallest absolute Gasteiger partial charge is 0.146 e. The highest BCUT2D eigenvalue weighted by molar-refractivity contribution is 5.76. The SMILES string of the molecule is COc1ccc2nc(COc3ccc(C)cc3)[nH]c2c1. The monoisotopic (exact) mass is 268 g/mol. The zero-order valence-electron chi connectivity index (χ0n) is 11.5. The summed E-state index contributed by atoms with van der Waals surface area (Å²) in [5.74, 6) is 2.45. The maximum Gasteiger partial charge on any atom is 0.146 e. The number of methoxy groups -OCH3 is 1. The minimum atomic E-state index is 0.417. The van der Waals surface area contributed by atoms with Gasteiger partial charge in [0.25, 0.3) is 0 Å². The van der Waals surface area contributed by atoms with Gasteiger partial charge in [0.15, 0.2) is 0 Å². The second-order valence-electron chi connectivity index (χ2n) is 4.67. The lowest BCUT2D eigenvalue weighted by atomic mass is 10.2. The van der Waals surface area contributed by atoms with E-state index in [1.54, 1.807) is 7.11 Å². The van der Waals surface area contributed by atoms with Crippen LogP contribution < -0.4 is 9.47 Å². The van der Waals surface area contributed by atoms with Gasteiger partial charge in [-0.3, -0.25) is 0 Å². The van der Waals surface area contributed by atoms with Crippen molar-refractivity contribution in [2.45, 2.75) is 13.5 Å². The summed E-state index contributed by atoms with van der Waals surface area (Å²) in [4.78, 5) is 7.72. The molecule has 0 saturated carbocycles. The zero-order chi connectivity index (χ0) is 13.9. The zero-order valence-corrected chi connectivity index (χ0v) is 11.5. The number of aromatic nitrogens is 2. The standard InChI is InChI=1S/C16H16N2O2/c1-11-3-5-12(6-4-11)20-10-16-17-14-8-7-13(19-2)9-15(14)18-16/h3-9H,10H2,1-2H3,(H,17,18). The number of hydrogen-bond acceptors (Lipinski definition) is 3. The molecule has 0 saturated heterocycles. The van der Waals surface area contributed by atoms with E-state index in [0.29, 0.717) is 6.61 Å². The molecule has 0 radical (unpaired) electrons. The summed E-state index contributed by atoms with van der Waals surface area (Å²) in [7, 11) is 1.65. The first-order chi connectivity index (χ1) is 9.74. The Morgan fingerprint density at radius 1 is 1.05 bits per heavy atom. The van der Waals surface area contributed by atoms with Gasteiger partial charge in [-0.25, -0.2) is 4.98 Å². The van der Waals surface area contributed by atoms with Gasteiger partial charge in [0.2, 0.25) is 0 Å². The summed E-state index contributed by atoms with van der Waals surface area (Å²) in [6.45, 7) is 2.47. The van der Waals surface area contributed by atoms with Crippen molar-refractivity contribution >= 4 is 11.0 Å². The second kappa shape index (κ2) is 5.25. The van der Waals surface area contributed by atoms with Gasteiger partial charge in [0, 0.05) is 6.07 Å². The van der Waals surface area contributed by atoms with Crippen LogP contribution in [0.2, 0.25) is 0 Å². The summed E-state index contributed by atoms with van der Waals surface area (Å²) < 4.78 is 10.9. The Morgan fingerprint density at radius 2 is 1.80 bits per heavy atom. The van der Waals surface area contributed by atoms with Crippen LogP contribution in [0.3, 0.4) is 0 Å². The summed E-state index contributed by atoms with van der Waals surface area (Å²) in [6.07, 6.45) is 0. The normalized spacial score (nSPS) is 10.7. The second-order valence-corrected chi connectivity index (χ2v) is 4.67. The van der Waals surface area contributed by atoms with Crippen LogP contribution in [-0.4, -0.2) is 17.1 Å². The molecule has 102 valence electrons. The third kappa shape index (κ3) is 2.59. The molecule has 0 aliphatic rings. The first-order valence-corrected chi connectivity index (χ1v) is 6.47. The van der Waals surface area contributed by atoms with Crippen LogP contribution in [0.5, 0.6) is 11.5 Å². The van der Waals surface area contributed by atoms with Crippen molar-refractivity contribution in [3.63, 3.8) is 0 Å². The lowest BCUT2D eigenvalue weighted by molar-refractivity contribution is 0.297. The molecule has 20 heavy (non-hydrogen) atoms. The van der Waals surface area contributed by atoms with Crippen LogP contribution in [-0.2, 0) is 6.61 Å². The highest BCUT2D eigenvalue weighted by atomic mass is 16.5. The fraction of sp³-hybridized carbons (Fsp3) is 0.188. The van der Waals surface area contributed by atoms with E-state index < -0.39 is 0 Å².